The van der Waals surface area contributed by atoms with Crippen molar-refractivity contribution in [2.75, 3.05) is 32.8 Å². The third-order valence-electron chi connectivity index (χ3n) is 3.93. The van der Waals surface area contributed by atoms with E-state index in [2.05, 4.69) is 5.32 Å². The molecule has 2 rings (SSSR count). The Labute approximate surface area is 113 Å². The van der Waals surface area contributed by atoms with E-state index >= 15 is 0 Å². The molecule has 1 atom stereocenters. The quantitative estimate of drug-likeness (QED) is 0.796. The second kappa shape index (κ2) is 6.75. The summed E-state index contributed by atoms with van der Waals surface area (Å²) >= 11 is 0. The Balaban J connectivity index is 1.65. The molecule has 2 aliphatic heterocycles. The van der Waals surface area contributed by atoms with Crippen LogP contribution in [0.25, 0.3) is 0 Å². The molecule has 0 radical (unpaired) electrons. The number of aliphatic carboxylic acids is 1. The molecule has 108 valence electrons. The maximum atomic E-state index is 11.9. The van der Waals surface area contributed by atoms with Crippen LogP contribution < -0.4 is 5.32 Å². The summed E-state index contributed by atoms with van der Waals surface area (Å²) < 4.78 is 5.27. The highest BCUT2D eigenvalue weighted by atomic mass is 16.5. The number of ether oxygens (including phenoxy) is 1. The van der Waals surface area contributed by atoms with Crippen LogP contribution in [0.4, 0.5) is 4.79 Å². The Morgan fingerprint density at radius 3 is 2.53 bits per heavy atom. The molecular formula is C13H22N2O4. The molecule has 0 aromatic heterocycles. The summed E-state index contributed by atoms with van der Waals surface area (Å²) in [5.41, 5.74) is 0. The van der Waals surface area contributed by atoms with Gasteiger partial charge in [0.15, 0.2) is 0 Å². The number of rotatable bonds is 4. The van der Waals surface area contributed by atoms with Gasteiger partial charge in [0.25, 0.3) is 0 Å². The lowest BCUT2D eigenvalue weighted by Gasteiger charge is -2.31. The predicted molar refractivity (Wildman–Crippen MR) is 68.9 cm³/mol. The minimum atomic E-state index is -0.746. The molecule has 0 aromatic carbocycles. The summed E-state index contributed by atoms with van der Waals surface area (Å²) in [6, 6.07) is -0.0272. The third kappa shape index (κ3) is 4.38. The molecule has 0 saturated carbocycles. The number of hydrogen-bond donors (Lipinski definition) is 2. The molecule has 0 aliphatic carbocycles. The van der Waals surface area contributed by atoms with Gasteiger partial charge in [0, 0.05) is 38.6 Å². The zero-order valence-corrected chi connectivity index (χ0v) is 11.1. The normalized spacial score (nSPS) is 24.4. The van der Waals surface area contributed by atoms with Crippen LogP contribution in [0.1, 0.15) is 25.7 Å². The Kier molecular flexibility index (Phi) is 5.01. The Morgan fingerprint density at radius 2 is 1.95 bits per heavy atom. The molecule has 2 fully saturated rings. The number of carboxylic acids is 1. The van der Waals surface area contributed by atoms with Crippen molar-refractivity contribution in [3.8, 4) is 0 Å². The zero-order chi connectivity index (χ0) is 13.7. The number of nitrogens with one attached hydrogen (secondary N) is 1. The topological polar surface area (TPSA) is 78.9 Å². The number of hydrogen-bond acceptors (Lipinski definition) is 3. The maximum Gasteiger partial charge on any atom is 0.317 e. The number of carbonyl (C=O) groups is 2. The molecule has 2 N–H and O–H groups in total. The largest absolute Gasteiger partial charge is 0.481 e. The SMILES string of the molecule is O=C(O)CC1CCN(C(=O)NCC2CCOC2)CC1. The molecule has 1 unspecified atom stereocenters. The first-order valence-corrected chi connectivity index (χ1v) is 6.97. The van der Waals surface area contributed by atoms with Crippen molar-refractivity contribution in [2.45, 2.75) is 25.7 Å². The van der Waals surface area contributed by atoms with Crippen molar-refractivity contribution in [2.24, 2.45) is 11.8 Å². The first-order chi connectivity index (χ1) is 9.15. The average molecular weight is 270 g/mol. The highest BCUT2D eigenvalue weighted by Gasteiger charge is 2.25. The fourth-order valence-electron chi connectivity index (χ4n) is 2.67. The van der Waals surface area contributed by atoms with E-state index in [1.165, 1.54) is 0 Å². The minimum Gasteiger partial charge on any atom is -0.481 e. The van der Waals surface area contributed by atoms with E-state index in [1.54, 1.807) is 4.90 Å². The van der Waals surface area contributed by atoms with E-state index in [1.807, 2.05) is 0 Å². The molecule has 19 heavy (non-hydrogen) atoms. The van der Waals surface area contributed by atoms with Gasteiger partial charge >= 0.3 is 12.0 Å². The molecule has 2 aliphatic rings. The van der Waals surface area contributed by atoms with Gasteiger partial charge in [0.1, 0.15) is 0 Å². The van der Waals surface area contributed by atoms with Crippen molar-refractivity contribution in [1.29, 1.82) is 0 Å². The van der Waals surface area contributed by atoms with Crippen molar-refractivity contribution in [3.63, 3.8) is 0 Å². The summed E-state index contributed by atoms with van der Waals surface area (Å²) in [6.45, 7) is 3.52. The third-order valence-corrected chi connectivity index (χ3v) is 3.93. The Bertz CT molecular complexity index is 321. The van der Waals surface area contributed by atoms with Gasteiger partial charge in [-0.3, -0.25) is 4.79 Å². The number of carbonyl (C=O) groups excluding carboxylic acids is 1. The number of nitrogens with zero attached hydrogens (tertiary/aromatic N) is 1. The smallest absolute Gasteiger partial charge is 0.317 e. The fourth-order valence-corrected chi connectivity index (χ4v) is 2.67. The molecule has 0 spiro atoms. The minimum absolute atomic E-state index is 0.0272. The van der Waals surface area contributed by atoms with Crippen molar-refractivity contribution in [3.05, 3.63) is 0 Å². The average Bonchev–Trinajstić information content (AvgIpc) is 2.89. The van der Waals surface area contributed by atoms with Gasteiger partial charge in [0.05, 0.1) is 6.61 Å². The number of likely N-dealkylation sites (tertiary alicyclic amines) is 1. The van der Waals surface area contributed by atoms with Crippen LogP contribution in [0, 0.1) is 11.8 Å². The van der Waals surface area contributed by atoms with Gasteiger partial charge in [-0.05, 0) is 25.2 Å². The van der Waals surface area contributed by atoms with Gasteiger partial charge in [-0.15, -0.1) is 0 Å². The Hall–Kier alpha value is -1.30. The lowest BCUT2D eigenvalue weighted by atomic mass is 9.94. The molecule has 0 bridgehead atoms. The van der Waals surface area contributed by atoms with E-state index < -0.39 is 5.97 Å². The first kappa shape index (κ1) is 14.1. The maximum absolute atomic E-state index is 11.9. The molecular weight excluding hydrogens is 248 g/mol. The fraction of sp³-hybridized carbons (Fsp3) is 0.846. The van der Waals surface area contributed by atoms with Gasteiger partial charge in [0.2, 0.25) is 0 Å². The van der Waals surface area contributed by atoms with E-state index in [0.29, 0.717) is 25.6 Å². The van der Waals surface area contributed by atoms with Gasteiger partial charge in [-0.1, -0.05) is 0 Å². The van der Waals surface area contributed by atoms with Crippen molar-refractivity contribution >= 4 is 12.0 Å². The second-order valence-electron chi connectivity index (χ2n) is 5.44. The number of carboxylic acid groups (broad SMARTS) is 1. The Morgan fingerprint density at radius 1 is 1.21 bits per heavy atom. The van der Waals surface area contributed by atoms with Gasteiger partial charge in [-0.25, -0.2) is 4.79 Å². The lowest BCUT2D eigenvalue weighted by Crippen LogP contribution is -2.45. The first-order valence-electron chi connectivity index (χ1n) is 6.97. The predicted octanol–water partition coefficient (Wildman–Crippen LogP) is 0.919. The van der Waals surface area contributed by atoms with E-state index in [9.17, 15) is 9.59 Å². The molecule has 0 aromatic rings. The van der Waals surface area contributed by atoms with Crippen LogP contribution in [0.2, 0.25) is 0 Å². The lowest BCUT2D eigenvalue weighted by molar-refractivity contribution is -0.138. The van der Waals surface area contributed by atoms with Gasteiger partial charge in [-0.2, -0.15) is 0 Å². The summed E-state index contributed by atoms with van der Waals surface area (Å²) in [5, 5.41) is 11.7. The zero-order valence-electron chi connectivity index (χ0n) is 11.1. The monoisotopic (exact) mass is 270 g/mol. The van der Waals surface area contributed by atoms with Crippen LogP contribution in [-0.2, 0) is 9.53 Å². The number of urea groups is 1. The molecule has 6 heteroatoms. The summed E-state index contributed by atoms with van der Waals surface area (Å²) in [6.07, 6.45) is 2.80. The summed E-state index contributed by atoms with van der Waals surface area (Å²) in [4.78, 5) is 24.4. The molecule has 2 saturated heterocycles. The van der Waals surface area contributed by atoms with Crippen LogP contribution in [-0.4, -0.2) is 54.9 Å². The van der Waals surface area contributed by atoms with Gasteiger partial charge < -0.3 is 20.1 Å². The van der Waals surface area contributed by atoms with Crippen molar-refractivity contribution in [1.82, 2.24) is 10.2 Å². The molecule has 2 amide bonds. The second-order valence-corrected chi connectivity index (χ2v) is 5.44. The number of piperidine rings is 1. The highest BCUT2D eigenvalue weighted by Crippen LogP contribution is 2.20. The summed E-state index contributed by atoms with van der Waals surface area (Å²) in [7, 11) is 0. The van der Waals surface area contributed by atoms with Crippen LogP contribution in [0.15, 0.2) is 0 Å². The van der Waals surface area contributed by atoms with Crippen LogP contribution in [0.5, 0.6) is 0 Å². The van der Waals surface area contributed by atoms with E-state index in [4.69, 9.17) is 9.84 Å². The summed E-state index contributed by atoms with van der Waals surface area (Å²) in [5.74, 6) is -0.0950. The highest BCUT2D eigenvalue weighted by molar-refractivity contribution is 5.74. The van der Waals surface area contributed by atoms with E-state index in [-0.39, 0.29) is 18.4 Å². The van der Waals surface area contributed by atoms with Crippen LogP contribution >= 0.6 is 0 Å². The molecule has 6 nitrogen and oxygen atoms in total. The molecule has 2 heterocycles. The van der Waals surface area contributed by atoms with Crippen molar-refractivity contribution < 1.29 is 19.4 Å². The van der Waals surface area contributed by atoms with Crippen LogP contribution in [0.3, 0.4) is 0 Å². The van der Waals surface area contributed by atoms with E-state index in [0.717, 1.165) is 32.5 Å². The number of amides is 2. The standard InChI is InChI=1S/C13H22N2O4/c16-12(17)7-10-1-4-15(5-2-10)13(18)14-8-11-3-6-19-9-11/h10-11H,1-9H2,(H,14,18)(H,16,17).